The molecule has 1 aromatic rings. The number of hydrogen-bond acceptors (Lipinski definition) is 5. The van der Waals surface area contributed by atoms with E-state index in [0.717, 1.165) is 26.2 Å². The Balaban J connectivity index is 0.00000220. The summed E-state index contributed by atoms with van der Waals surface area (Å²) >= 11 is 0. The molecule has 1 fully saturated rings. The van der Waals surface area contributed by atoms with Crippen LogP contribution in [0.5, 0.6) is 17.2 Å². The topological polar surface area (TPSA) is 76.0 Å². The van der Waals surface area contributed by atoms with Crippen molar-refractivity contribution in [1.29, 1.82) is 0 Å². The van der Waals surface area contributed by atoms with Crippen LogP contribution in [0.25, 0.3) is 0 Å². The van der Waals surface area contributed by atoms with Crippen LogP contribution in [0.15, 0.2) is 12.1 Å². The lowest BCUT2D eigenvalue weighted by molar-refractivity contribution is 0.0821. The molecule has 1 aromatic carbocycles. The molecule has 0 spiro atoms. The number of nitrogens with one attached hydrogen (secondary N) is 1. The van der Waals surface area contributed by atoms with E-state index >= 15 is 0 Å². The molecule has 1 aliphatic rings. The van der Waals surface area contributed by atoms with Crippen molar-refractivity contribution in [1.82, 2.24) is 10.2 Å². The van der Waals surface area contributed by atoms with E-state index < -0.39 is 0 Å². The summed E-state index contributed by atoms with van der Waals surface area (Å²) in [5.41, 5.74) is 0.348. The van der Waals surface area contributed by atoms with Crippen molar-refractivity contribution in [2.45, 2.75) is 26.8 Å². The number of benzene rings is 1. The smallest absolute Gasteiger partial charge is 0.127 e. The summed E-state index contributed by atoms with van der Waals surface area (Å²) in [5, 5.41) is 33.1. The number of piperazine rings is 1. The van der Waals surface area contributed by atoms with E-state index in [2.05, 4.69) is 31.0 Å². The van der Waals surface area contributed by atoms with Gasteiger partial charge in [-0.3, -0.25) is 4.90 Å². The molecular formula is C15H26Cl2N2O3. The van der Waals surface area contributed by atoms with Gasteiger partial charge in [0, 0.05) is 44.4 Å². The molecule has 0 bridgehead atoms. The van der Waals surface area contributed by atoms with Crippen LogP contribution in [0.4, 0.5) is 0 Å². The van der Waals surface area contributed by atoms with E-state index in [1.165, 1.54) is 12.1 Å². The summed E-state index contributed by atoms with van der Waals surface area (Å²) in [7, 11) is 0. The zero-order valence-corrected chi connectivity index (χ0v) is 14.8. The third-order valence-corrected chi connectivity index (χ3v) is 3.73. The molecule has 22 heavy (non-hydrogen) atoms. The maximum atomic E-state index is 10.2. The highest BCUT2D eigenvalue weighted by Gasteiger charge is 2.36. The molecule has 1 atom stereocenters. The number of halogens is 2. The first-order valence-corrected chi connectivity index (χ1v) is 7.00. The molecule has 0 unspecified atom stereocenters. The summed E-state index contributed by atoms with van der Waals surface area (Å²) in [5.74, 6) is -0.237. The van der Waals surface area contributed by atoms with E-state index in [4.69, 9.17) is 0 Å². The Morgan fingerprint density at radius 1 is 1.00 bits per heavy atom. The van der Waals surface area contributed by atoms with Gasteiger partial charge in [-0.05, 0) is 5.41 Å². The molecule has 0 amide bonds. The molecule has 4 N–H and O–H groups in total. The van der Waals surface area contributed by atoms with Crippen molar-refractivity contribution < 1.29 is 15.3 Å². The molecule has 0 aliphatic carbocycles. The Morgan fingerprint density at radius 2 is 1.45 bits per heavy atom. The second-order valence-corrected chi connectivity index (χ2v) is 6.45. The Labute approximate surface area is 144 Å². The molecule has 2 rings (SSSR count). The second-order valence-electron chi connectivity index (χ2n) is 6.45. The molecule has 1 heterocycles. The normalized spacial score (nSPS) is 17.2. The number of phenolic OH excluding ortho intramolecular Hbond substituents is 3. The number of aromatic hydroxyl groups is 3. The van der Waals surface area contributed by atoms with Crippen LogP contribution in [0.3, 0.4) is 0 Å². The van der Waals surface area contributed by atoms with Gasteiger partial charge in [0.25, 0.3) is 0 Å². The highest BCUT2D eigenvalue weighted by atomic mass is 35.5. The van der Waals surface area contributed by atoms with Crippen LogP contribution >= 0.6 is 24.8 Å². The summed E-state index contributed by atoms with van der Waals surface area (Å²) in [6.45, 7) is 9.78. The van der Waals surface area contributed by atoms with Crippen molar-refractivity contribution >= 4 is 24.8 Å². The highest BCUT2D eigenvalue weighted by Crippen LogP contribution is 2.46. The standard InChI is InChI=1S/C15H24N2O3.2ClH/c1-15(2,3)14(17-6-4-16-5-7-17)13-11(19)8-10(18)9-12(13)20;;/h8-9,14,16,18-20H,4-7H2,1-3H3;2*1H/t14-;;/m1../s1. The van der Waals surface area contributed by atoms with Crippen LogP contribution in [0, 0.1) is 5.41 Å². The van der Waals surface area contributed by atoms with Crippen LogP contribution in [0.1, 0.15) is 32.4 Å². The molecule has 128 valence electrons. The summed E-state index contributed by atoms with van der Waals surface area (Å²) in [6, 6.07) is 2.47. The maximum absolute atomic E-state index is 10.2. The SMILES string of the molecule is CC(C)(C)[C@@H](c1c(O)cc(O)cc1O)N1CCNCC1.Cl.Cl. The zero-order chi connectivity index (χ0) is 14.9. The van der Waals surface area contributed by atoms with Crippen LogP contribution in [-0.2, 0) is 0 Å². The molecule has 0 radical (unpaired) electrons. The Hall–Kier alpha value is -0.880. The monoisotopic (exact) mass is 352 g/mol. The van der Waals surface area contributed by atoms with Crippen molar-refractivity contribution in [3.8, 4) is 17.2 Å². The Morgan fingerprint density at radius 3 is 1.86 bits per heavy atom. The van der Waals surface area contributed by atoms with Crippen LogP contribution in [0.2, 0.25) is 0 Å². The lowest BCUT2D eigenvalue weighted by Crippen LogP contribution is -2.48. The lowest BCUT2D eigenvalue weighted by atomic mass is 9.80. The second kappa shape index (κ2) is 8.11. The number of rotatable bonds is 2. The van der Waals surface area contributed by atoms with E-state index in [9.17, 15) is 15.3 Å². The van der Waals surface area contributed by atoms with Crippen molar-refractivity contribution in [2.24, 2.45) is 5.41 Å². The third-order valence-electron chi connectivity index (χ3n) is 3.73. The summed E-state index contributed by atoms with van der Waals surface area (Å²) in [6.07, 6.45) is 0. The number of phenols is 3. The van der Waals surface area contributed by atoms with E-state index in [1.807, 2.05) is 0 Å². The third kappa shape index (κ3) is 4.56. The number of hydrogen-bond donors (Lipinski definition) is 4. The predicted octanol–water partition coefficient (Wildman–Crippen LogP) is 2.64. The minimum atomic E-state index is -0.150. The van der Waals surface area contributed by atoms with Crippen molar-refractivity contribution in [3.63, 3.8) is 0 Å². The fraction of sp³-hybridized carbons (Fsp3) is 0.600. The quantitative estimate of drug-likeness (QED) is 0.658. The van der Waals surface area contributed by atoms with Gasteiger partial charge in [0.05, 0.1) is 5.56 Å². The van der Waals surface area contributed by atoms with Gasteiger partial charge in [0.1, 0.15) is 17.2 Å². The number of nitrogens with zero attached hydrogens (tertiary/aromatic N) is 1. The molecule has 5 nitrogen and oxygen atoms in total. The highest BCUT2D eigenvalue weighted by molar-refractivity contribution is 5.85. The molecule has 0 aromatic heterocycles. The van der Waals surface area contributed by atoms with Gasteiger partial charge >= 0.3 is 0 Å². The fourth-order valence-corrected chi connectivity index (χ4v) is 2.99. The minimum absolute atomic E-state index is 0. The molecule has 7 heteroatoms. The van der Waals surface area contributed by atoms with Crippen LogP contribution in [-0.4, -0.2) is 46.4 Å². The van der Waals surface area contributed by atoms with Gasteiger partial charge in [-0.1, -0.05) is 20.8 Å². The molecule has 1 saturated heterocycles. The van der Waals surface area contributed by atoms with Gasteiger partial charge in [-0.25, -0.2) is 0 Å². The lowest BCUT2D eigenvalue weighted by Gasteiger charge is -2.42. The summed E-state index contributed by atoms with van der Waals surface area (Å²) in [4.78, 5) is 2.27. The molecular weight excluding hydrogens is 327 g/mol. The molecule has 1 aliphatic heterocycles. The first-order chi connectivity index (χ1) is 9.30. The van der Waals surface area contributed by atoms with Crippen molar-refractivity contribution in [3.05, 3.63) is 17.7 Å². The van der Waals surface area contributed by atoms with E-state index in [-0.39, 0.29) is 53.5 Å². The predicted molar refractivity (Wildman–Crippen MR) is 92.6 cm³/mol. The van der Waals surface area contributed by atoms with Crippen LogP contribution < -0.4 is 5.32 Å². The first kappa shape index (κ1) is 21.1. The fourth-order valence-electron chi connectivity index (χ4n) is 2.99. The van der Waals surface area contributed by atoms with E-state index in [1.54, 1.807) is 0 Å². The Bertz CT molecular complexity index is 463. The maximum Gasteiger partial charge on any atom is 0.127 e. The zero-order valence-electron chi connectivity index (χ0n) is 13.2. The largest absolute Gasteiger partial charge is 0.508 e. The van der Waals surface area contributed by atoms with Gasteiger partial charge < -0.3 is 20.6 Å². The van der Waals surface area contributed by atoms with E-state index in [0.29, 0.717) is 5.56 Å². The summed E-state index contributed by atoms with van der Waals surface area (Å²) < 4.78 is 0. The Kier molecular flexibility index (Phi) is 7.78. The van der Waals surface area contributed by atoms with Gasteiger partial charge in [-0.2, -0.15) is 0 Å². The average Bonchev–Trinajstić information content (AvgIpc) is 2.33. The first-order valence-electron chi connectivity index (χ1n) is 7.00. The minimum Gasteiger partial charge on any atom is -0.508 e. The van der Waals surface area contributed by atoms with Crippen molar-refractivity contribution in [2.75, 3.05) is 26.2 Å². The van der Waals surface area contributed by atoms with Gasteiger partial charge in [-0.15, -0.1) is 24.8 Å². The average molecular weight is 353 g/mol. The van der Waals surface area contributed by atoms with Gasteiger partial charge in [0.2, 0.25) is 0 Å². The molecule has 0 saturated carbocycles. The van der Waals surface area contributed by atoms with Gasteiger partial charge in [0.15, 0.2) is 0 Å².